The van der Waals surface area contributed by atoms with Gasteiger partial charge in [0, 0.05) is 31.7 Å². The SMILES string of the molecule is CCCCN1C(=O)C(CC2CCCCC2)NC(=O)C12CCN(Cc1c(CO)cc(CO)cc1OC)CC2. The van der Waals surface area contributed by atoms with Crippen LogP contribution in [-0.4, -0.2) is 70.2 Å². The molecule has 0 radical (unpaired) electrons. The van der Waals surface area contributed by atoms with E-state index >= 15 is 0 Å². The van der Waals surface area contributed by atoms with Gasteiger partial charge >= 0.3 is 0 Å². The smallest absolute Gasteiger partial charge is 0.246 e. The molecule has 0 bridgehead atoms. The molecule has 206 valence electrons. The summed E-state index contributed by atoms with van der Waals surface area (Å²) in [5, 5.41) is 22.7. The third-order valence-corrected chi connectivity index (χ3v) is 8.84. The Balaban J connectivity index is 1.48. The number of hydrogen-bond donors (Lipinski definition) is 3. The van der Waals surface area contributed by atoms with Gasteiger partial charge in [0.15, 0.2) is 0 Å². The van der Waals surface area contributed by atoms with Crippen molar-refractivity contribution in [1.29, 1.82) is 0 Å². The van der Waals surface area contributed by atoms with Gasteiger partial charge in [0.2, 0.25) is 11.8 Å². The van der Waals surface area contributed by atoms with Crippen molar-refractivity contribution in [2.75, 3.05) is 26.7 Å². The second-order valence-electron chi connectivity index (χ2n) is 11.2. The average molecular weight is 516 g/mol. The molecule has 1 spiro atoms. The molecule has 3 aliphatic rings. The molecule has 2 saturated heterocycles. The third-order valence-electron chi connectivity index (χ3n) is 8.84. The summed E-state index contributed by atoms with van der Waals surface area (Å²) < 4.78 is 5.58. The lowest BCUT2D eigenvalue weighted by molar-refractivity contribution is -0.162. The fourth-order valence-corrected chi connectivity index (χ4v) is 6.59. The molecule has 8 nitrogen and oxygen atoms in total. The molecule has 3 N–H and O–H groups in total. The number of aliphatic hydroxyl groups excluding tert-OH is 2. The highest BCUT2D eigenvalue weighted by atomic mass is 16.5. The summed E-state index contributed by atoms with van der Waals surface area (Å²) in [4.78, 5) is 31.6. The zero-order chi connectivity index (χ0) is 26.4. The van der Waals surface area contributed by atoms with Crippen molar-refractivity contribution in [3.05, 3.63) is 28.8 Å². The number of benzene rings is 1. The predicted octanol–water partition coefficient (Wildman–Crippen LogP) is 3.11. The van der Waals surface area contributed by atoms with E-state index in [2.05, 4.69) is 17.1 Å². The van der Waals surface area contributed by atoms with Gasteiger partial charge in [0.1, 0.15) is 17.3 Å². The standard InChI is InChI=1S/C29H45N3O5/c1-3-4-12-32-27(35)25(16-21-8-6-5-7-9-21)30-28(36)29(32)10-13-31(14-11-29)18-24-23(20-34)15-22(19-33)17-26(24)37-2/h15,17,21,25,33-34H,3-14,16,18-20H2,1-2H3,(H,30,36). The lowest BCUT2D eigenvalue weighted by Gasteiger charge is -2.52. The van der Waals surface area contributed by atoms with Crippen LogP contribution in [0.15, 0.2) is 12.1 Å². The molecule has 37 heavy (non-hydrogen) atoms. The Morgan fingerprint density at radius 2 is 1.81 bits per heavy atom. The fourth-order valence-electron chi connectivity index (χ4n) is 6.59. The van der Waals surface area contributed by atoms with Gasteiger partial charge in [-0.3, -0.25) is 14.5 Å². The predicted molar refractivity (Wildman–Crippen MR) is 142 cm³/mol. The van der Waals surface area contributed by atoms with Gasteiger partial charge in [-0.2, -0.15) is 0 Å². The number of piperazine rings is 1. The van der Waals surface area contributed by atoms with Crippen molar-refractivity contribution in [2.45, 2.75) is 102 Å². The Hall–Kier alpha value is -2.16. The number of nitrogens with one attached hydrogen (secondary N) is 1. The number of rotatable bonds is 10. The van der Waals surface area contributed by atoms with Crippen LogP contribution in [0.25, 0.3) is 0 Å². The molecule has 8 heteroatoms. The number of aliphatic hydroxyl groups is 2. The van der Waals surface area contributed by atoms with Crippen molar-refractivity contribution >= 4 is 11.8 Å². The second kappa shape index (κ2) is 12.6. The first-order valence-corrected chi connectivity index (χ1v) is 14.2. The van der Waals surface area contributed by atoms with Gasteiger partial charge < -0.3 is 25.2 Å². The van der Waals surface area contributed by atoms with E-state index in [1.165, 1.54) is 19.3 Å². The van der Waals surface area contributed by atoms with Crippen molar-refractivity contribution in [2.24, 2.45) is 5.92 Å². The molecule has 1 aliphatic carbocycles. The summed E-state index contributed by atoms with van der Waals surface area (Å²) in [6, 6.07) is 3.24. The van der Waals surface area contributed by atoms with Crippen LogP contribution in [0.3, 0.4) is 0 Å². The van der Waals surface area contributed by atoms with Gasteiger partial charge in [-0.05, 0) is 48.8 Å². The van der Waals surface area contributed by atoms with Crippen LogP contribution in [0.2, 0.25) is 0 Å². The molecule has 1 aromatic carbocycles. The molecular formula is C29H45N3O5. The molecule has 1 aromatic rings. The minimum atomic E-state index is -0.781. The summed E-state index contributed by atoms with van der Waals surface area (Å²) >= 11 is 0. The van der Waals surface area contributed by atoms with Crippen LogP contribution in [0, 0.1) is 5.92 Å². The van der Waals surface area contributed by atoms with E-state index in [1.54, 1.807) is 7.11 Å². The Morgan fingerprint density at radius 1 is 1.08 bits per heavy atom. The maximum atomic E-state index is 13.8. The van der Waals surface area contributed by atoms with Crippen molar-refractivity contribution in [3.63, 3.8) is 0 Å². The summed E-state index contributed by atoms with van der Waals surface area (Å²) in [6.07, 6.45) is 9.88. The summed E-state index contributed by atoms with van der Waals surface area (Å²) in [7, 11) is 1.60. The Morgan fingerprint density at radius 3 is 2.43 bits per heavy atom. The number of carbonyl (C=O) groups is 2. The molecular weight excluding hydrogens is 470 g/mol. The molecule has 1 saturated carbocycles. The minimum absolute atomic E-state index is 0.0181. The van der Waals surface area contributed by atoms with E-state index in [9.17, 15) is 19.8 Å². The van der Waals surface area contributed by atoms with Crippen LogP contribution >= 0.6 is 0 Å². The normalized spacial score (nSPS) is 22.9. The zero-order valence-corrected chi connectivity index (χ0v) is 22.6. The molecule has 1 atom stereocenters. The van der Waals surface area contributed by atoms with E-state index in [0.717, 1.165) is 43.2 Å². The monoisotopic (exact) mass is 515 g/mol. The molecule has 2 heterocycles. The third kappa shape index (κ3) is 5.96. The zero-order valence-electron chi connectivity index (χ0n) is 22.6. The number of methoxy groups -OCH3 is 1. The van der Waals surface area contributed by atoms with Gasteiger partial charge in [0.05, 0.1) is 20.3 Å². The van der Waals surface area contributed by atoms with Crippen molar-refractivity contribution in [1.82, 2.24) is 15.1 Å². The first-order chi connectivity index (χ1) is 17.9. The first kappa shape index (κ1) is 27.9. The van der Waals surface area contributed by atoms with E-state index < -0.39 is 11.6 Å². The highest BCUT2D eigenvalue weighted by molar-refractivity contribution is 6.00. The summed E-state index contributed by atoms with van der Waals surface area (Å²) in [5.41, 5.74) is 1.56. The number of piperidine rings is 1. The van der Waals surface area contributed by atoms with Gasteiger partial charge in [0.25, 0.3) is 0 Å². The van der Waals surface area contributed by atoms with E-state index in [1.807, 2.05) is 17.0 Å². The molecule has 1 unspecified atom stereocenters. The molecule has 3 fully saturated rings. The molecule has 2 aliphatic heterocycles. The maximum Gasteiger partial charge on any atom is 0.246 e. The highest BCUT2D eigenvalue weighted by Gasteiger charge is 2.53. The maximum absolute atomic E-state index is 13.8. The molecule has 0 aromatic heterocycles. The quantitative estimate of drug-likeness (QED) is 0.443. The lowest BCUT2D eigenvalue weighted by Crippen LogP contribution is -2.73. The van der Waals surface area contributed by atoms with Crippen LogP contribution in [0.1, 0.15) is 87.8 Å². The Labute approximate surface area is 221 Å². The van der Waals surface area contributed by atoms with E-state index in [4.69, 9.17) is 4.74 Å². The number of unbranched alkanes of at least 4 members (excludes halogenated alkanes) is 1. The number of amides is 2. The van der Waals surface area contributed by atoms with Gasteiger partial charge in [-0.1, -0.05) is 51.5 Å². The van der Waals surface area contributed by atoms with Crippen LogP contribution in [-0.2, 0) is 29.3 Å². The summed E-state index contributed by atoms with van der Waals surface area (Å²) in [5.74, 6) is 1.30. The van der Waals surface area contributed by atoms with Gasteiger partial charge in [-0.15, -0.1) is 0 Å². The second-order valence-corrected chi connectivity index (χ2v) is 11.2. The fraction of sp³-hybridized carbons (Fsp3) is 0.724. The largest absolute Gasteiger partial charge is 0.496 e. The topological polar surface area (TPSA) is 102 Å². The minimum Gasteiger partial charge on any atom is -0.496 e. The Bertz CT molecular complexity index is 912. The highest BCUT2D eigenvalue weighted by Crippen LogP contribution is 2.37. The molecule has 2 amide bonds. The van der Waals surface area contributed by atoms with Crippen molar-refractivity contribution in [3.8, 4) is 5.75 Å². The van der Waals surface area contributed by atoms with E-state index in [0.29, 0.717) is 56.3 Å². The Kier molecular flexibility index (Phi) is 9.48. The number of nitrogens with zero attached hydrogens (tertiary/aromatic N) is 2. The number of likely N-dealkylation sites (tertiary alicyclic amines) is 1. The van der Waals surface area contributed by atoms with Crippen LogP contribution in [0.5, 0.6) is 5.75 Å². The molecule has 4 rings (SSSR count). The average Bonchev–Trinajstić information content (AvgIpc) is 2.93. The number of ether oxygens (including phenoxy) is 1. The lowest BCUT2D eigenvalue weighted by atomic mass is 9.79. The van der Waals surface area contributed by atoms with Gasteiger partial charge in [-0.25, -0.2) is 0 Å². The van der Waals surface area contributed by atoms with Crippen LogP contribution in [0.4, 0.5) is 0 Å². The number of carbonyl (C=O) groups excluding carboxylic acids is 2. The first-order valence-electron chi connectivity index (χ1n) is 14.2. The van der Waals surface area contributed by atoms with Crippen molar-refractivity contribution < 1.29 is 24.5 Å². The number of hydrogen-bond acceptors (Lipinski definition) is 6. The summed E-state index contributed by atoms with van der Waals surface area (Å²) in [6.45, 7) is 4.43. The van der Waals surface area contributed by atoms with Crippen LogP contribution < -0.4 is 10.1 Å². The van der Waals surface area contributed by atoms with E-state index in [-0.39, 0.29) is 25.0 Å².